The molecular formula is C19H17N5O. The Balaban J connectivity index is 1.91. The van der Waals surface area contributed by atoms with Gasteiger partial charge in [-0.3, -0.25) is 4.57 Å². The summed E-state index contributed by atoms with van der Waals surface area (Å²) >= 11 is 0. The molecule has 6 heteroatoms. The van der Waals surface area contributed by atoms with Gasteiger partial charge < -0.3 is 15.8 Å². The van der Waals surface area contributed by atoms with E-state index in [1.165, 1.54) is 0 Å². The zero-order valence-electron chi connectivity index (χ0n) is 13.7. The maximum absolute atomic E-state index is 9.68. The highest BCUT2D eigenvalue weighted by molar-refractivity contribution is 5.80. The van der Waals surface area contributed by atoms with Gasteiger partial charge in [0.25, 0.3) is 0 Å². The molecule has 0 bridgehead atoms. The van der Waals surface area contributed by atoms with Gasteiger partial charge in [-0.15, -0.1) is 0 Å². The van der Waals surface area contributed by atoms with E-state index in [0.717, 1.165) is 22.3 Å². The fourth-order valence-corrected chi connectivity index (χ4v) is 3.21. The van der Waals surface area contributed by atoms with Crippen LogP contribution in [0.2, 0.25) is 0 Å². The van der Waals surface area contributed by atoms with Gasteiger partial charge in [0, 0.05) is 0 Å². The van der Waals surface area contributed by atoms with Crippen molar-refractivity contribution in [2.75, 3.05) is 11.9 Å². The van der Waals surface area contributed by atoms with E-state index in [1.54, 1.807) is 0 Å². The topological polar surface area (TPSA) is 88.9 Å². The highest BCUT2D eigenvalue weighted by atomic mass is 16.5. The molecule has 6 nitrogen and oxygen atoms in total. The van der Waals surface area contributed by atoms with E-state index in [9.17, 15) is 5.26 Å². The summed E-state index contributed by atoms with van der Waals surface area (Å²) in [5.74, 6) is 1.77. The van der Waals surface area contributed by atoms with Gasteiger partial charge in [-0.05, 0) is 36.8 Å². The lowest BCUT2D eigenvalue weighted by atomic mass is 9.97. The van der Waals surface area contributed by atoms with Crippen LogP contribution in [0, 0.1) is 11.3 Å². The standard InChI is InChI=1S/C19H17N5O/c1-2-25-13-9-7-12(8-10-13)17-14(11-20)18(21)23-19-22-15-5-3-4-6-16(15)24(17)19/h3-10,17H,2,21H2,1H3,(H,22,23). The molecule has 2 heterocycles. The predicted octanol–water partition coefficient (Wildman–Crippen LogP) is 3.14. The van der Waals surface area contributed by atoms with Crippen molar-refractivity contribution in [1.82, 2.24) is 9.55 Å². The Hall–Kier alpha value is -3.46. The van der Waals surface area contributed by atoms with Crippen LogP contribution in [0.5, 0.6) is 5.75 Å². The third-order valence-corrected chi connectivity index (χ3v) is 4.29. The molecule has 124 valence electrons. The van der Waals surface area contributed by atoms with Crippen LogP contribution in [0.4, 0.5) is 5.95 Å². The number of para-hydroxylation sites is 2. The van der Waals surface area contributed by atoms with Crippen molar-refractivity contribution in [3.8, 4) is 11.8 Å². The second-order valence-electron chi connectivity index (χ2n) is 5.76. The molecule has 1 unspecified atom stereocenters. The maximum Gasteiger partial charge on any atom is 0.210 e. The number of nitrogens with zero attached hydrogens (tertiary/aromatic N) is 3. The predicted molar refractivity (Wildman–Crippen MR) is 95.9 cm³/mol. The number of nitrogens with two attached hydrogens (primary N) is 1. The Morgan fingerprint density at radius 2 is 2.00 bits per heavy atom. The SMILES string of the molecule is CCOc1ccc(C2C(C#N)=C(N)Nc3nc4ccccc4n32)cc1. The Bertz CT molecular complexity index is 1010. The number of aromatic nitrogens is 2. The number of rotatable bonds is 3. The fraction of sp³-hybridized carbons (Fsp3) is 0.158. The van der Waals surface area contributed by atoms with Gasteiger partial charge in [-0.25, -0.2) is 4.98 Å². The lowest BCUT2D eigenvalue weighted by molar-refractivity contribution is 0.340. The summed E-state index contributed by atoms with van der Waals surface area (Å²) < 4.78 is 7.53. The van der Waals surface area contributed by atoms with Crippen LogP contribution < -0.4 is 15.8 Å². The van der Waals surface area contributed by atoms with Crippen molar-refractivity contribution >= 4 is 17.0 Å². The molecule has 1 aliphatic rings. The quantitative estimate of drug-likeness (QED) is 0.769. The van der Waals surface area contributed by atoms with Crippen molar-refractivity contribution in [2.45, 2.75) is 13.0 Å². The first-order valence-electron chi connectivity index (χ1n) is 8.09. The van der Waals surface area contributed by atoms with E-state index in [1.807, 2.05) is 60.0 Å². The van der Waals surface area contributed by atoms with Gasteiger partial charge in [-0.2, -0.15) is 5.26 Å². The number of ether oxygens (including phenoxy) is 1. The van der Waals surface area contributed by atoms with E-state index in [0.29, 0.717) is 23.9 Å². The zero-order valence-corrected chi connectivity index (χ0v) is 13.7. The molecule has 0 spiro atoms. The number of nitrogens with one attached hydrogen (secondary N) is 1. The second kappa shape index (κ2) is 5.87. The third-order valence-electron chi connectivity index (χ3n) is 4.29. The number of hydrogen-bond donors (Lipinski definition) is 2. The Morgan fingerprint density at radius 1 is 1.24 bits per heavy atom. The van der Waals surface area contributed by atoms with Gasteiger partial charge in [0.2, 0.25) is 5.95 Å². The molecule has 0 amide bonds. The number of nitriles is 1. The molecule has 0 saturated heterocycles. The maximum atomic E-state index is 9.68. The average Bonchev–Trinajstić information content (AvgIpc) is 2.99. The molecule has 0 saturated carbocycles. The Morgan fingerprint density at radius 3 is 2.72 bits per heavy atom. The monoisotopic (exact) mass is 331 g/mol. The normalized spacial score (nSPS) is 16.2. The summed E-state index contributed by atoms with van der Waals surface area (Å²) in [6.07, 6.45) is 0. The third kappa shape index (κ3) is 2.37. The van der Waals surface area contributed by atoms with Crippen LogP contribution in [0.3, 0.4) is 0 Å². The molecule has 2 aromatic carbocycles. The number of benzene rings is 2. The Labute approximate surface area is 145 Å². The molecule has 1 atom stereocenters. The number of allylic oxidation sites excluding steroid dienone is 1. The number of imidazole rings is 1. The van der Waals surface area contributed by atoms with E-state index in [4.69, 9.17) is 10.5 Å². The second-order valence-corrected chi connectivity index (χ2v) is 5.76. The Kier molecular flexibility index (Phi) is 3.55. The summed E-state index contributed by atoms with van der Waals surface area (Å²) in [7, 11) is 0. The summed E-state index contributed by atoms with van der Waals surface area (Å²) in [6.45, 7) is 2.56. The first-order valence-corrected chi connectivity index (χ1v) is 8.09. The van der Waals surface area contributed by atoms with Gasteiger partial charge in [0.05, 0.1) is 23.2 Å². The van der Waals surface area contributed by atoms with Crippen LogP contribution in [0.1, 0.15) is 18.5 Å². The molecular weight excluding hydrogens is 314 g/mol. The molecule has 1 aliphatic heterocycles. The van der Waals surface area contributed by atoms with Gasteiger partial charge in [0.1, 0.15) is 23.7 Å². The molecule has 3 N–H and O–H groups in total. The summed E-state index contributed by atoms with van der Waals surface area (Å²) in [5.41, 5.74) is 9.33. The fourth-order valence-electron chi connectivity index (χ4n) is 3.21. The highest BCUT2D eigenvalue weighted by Gasteiger charge is 2.30. The number of anilines is 1. The molecule has 0 fully saturated rings. The van der Waals surface area contributed by atoms with Crippen molar-refractivity contribution in [3.05, 3.63) is 65.5 Å². The van der Waals surface area contributed by atoms with Crippen LogP contribution >= 0.6 is 0 Å². The molecule has 3 aromatic rings. The van der Waals surface area contributed by atoms with Crippen molar-refractivity contribution in [3.63, 3.8) is 0 Å². The van der Waals surface area contributed by atoms with Gasteiger partial charge in [-0.1, -0.05) is 24.3 Å². The summed E-state index contributed by atoms with van der Waals surface area (Å²) in [5, 5.41) is 12.7. The minimum absolute atomic E-state index is 0.329. The largest absolute Gasteiger partial charge is 0.494 e. The number of fused-ring (bicyclic) bond motifs is 3. The smallest absolute Gasteiger partial charge is 0.210 e. The minimum atomic E-state index is -0.329. The lowest BCUT2D eigenvalue weighted by Crippen LogP contribution is -2.27. The van der Waals surface area contributed by atoms with Crippen LogP contribution in [-0.4, -0.2) is 16.2 Å². The van der Waals surface area contributed by atoms with Gasteiger partial charge in [0.15, 0.2) is 0 Å². The molecule has 25 heavy (non-hydrogen) atoms. The minimum Gasteiger partial charge on any atom is -0.494 e. The van der Waals surface area contributed by atoms with E-state index < -0.39 is 0 Å². The number of hydrogen-bond acceptors (Lipinski definition) is 5. The first-order chi connectivity index (χ1) is 12.2. The van der Waals surface area contributed by atoms with Crippen LogP contribution in [-0.2, 0) is 0 Å². The van der Waals surface area contributed by atoms with Crippen molar-refractivity contribution in [2.24, 2.45) is 5.73 Å². The molecule has 4 rings (SSSR count). The first kappa shape index (κ1) is 15.1. The van der Waals surface area contributed by atoms with Crippen molar-refractivity contribution in [1.29, 1.82) is 5.26 Å². The van der Waals surface area contributed by atoms with Crippen LogP contribution in [0.25, 0.3) is 11.0 Å². The van der Waals surface area contributed by atoms with E-state index >= 15 is 0 Å². The van der Waals surface area contributed by atoms with E-state index in [-0.39, 0.29) is 6.04 Å². The van der Waals surface area contributed by atoms with E-state index in [2.05, 4.69) is 16.4 Å². The van der Waals surface area contributed by atoms with Crippen LogP contribution in [0.15, 0.2) is 59.9 Å². The highest BCUT2D eigenvalue weighted by Crippen LogP contribution is 2.38. The summed E-state index contributed by atoms with van der Waals surface area (Å²) in [6, 6.07) is 17.5. The lowest BCUT2D eigenvalue weighted by Gasteiger charge is -2.27. The zero-order chi connectivity index (χ0) is 17.4. The molecule has 0 radical (unpaired) electrons. The summed E-state index contributed by atoms with van der Waals surface area (Å²) in [4.78, 5) is 4.60. The van der Waals surface area contributed by atoms with Crippen molar-refractivity contribution < 1.29 is 4.74 Å². The molecule has 1 aromatic heterocycles. The molecule has 0 aliphatic carbocycles. The average molecular weight is 331 g/mol. The van der Waals surface area contributed by atoms with Gasteiger partial charge >= 0.3 is 0 Å².